The van der Waals surface area contributed by atoms with Crippen molar-refractivity contribution in [3.8, 4) is 0 Å². The fraction of sp³-hybridized carbons (Fsp3) is 0.0909. The number of anilines is 3. The molecule has 0 spiro atoms. The van der Waals surface area contributed by atoms with Gasteiger partial charge in [-0.15, -0.1) is 0 Å². The molecule has 0 aliphatic carbocycles. The lowest BCUT2D eigenvalue weighted by Gasteiger charge is -2.12. The van der Waals surface area contributed by atoms with E-state index in [1.54, 1.807) is 11.3 Å². The lowest BCUT2D eigenvalue weighted by molar-refractivity contribution is 0.632. The first-order valence-corrected chi connectivity index (χ1v) is 6.19. The van der Waals surface area contributed by atoms with Crippen molar-refractivity contribution >= 4 is 40.0 Å². The Morgan fingerprint density at radius 1 is 1.35 bits per heavy atom. The van der Waals surface area contributed by atoms with Gasteiger partial charge >= 0.3 is 0 Å². The van der Waals surface area contributed by atoms with E-state index in [1.807, 2.05) is 16.8 Å². The molecule has 2 aromatic rings. The van der Waals surface area contributed by atoms with Gasteiger partial charge in [0, 0.05) is 6.54 Å². The van der Waals surface area contributed by atoms with Crippen molar-refractivity contribution in [2.75, 3.05) is 16.8 Å². The lowest BCUT2D eigenvalue weighted by atomic mass is 10.2. The summed E-state index contributed by atoms with van der Waals surface area (Å²) in [6.45, 7) is 0.491. The van der Waals surface area contributed by atoms with Crippen molar-refractivity contribution in [1.29, 1.82) is 0 Å². The summed E-state index contributed by atoms with van der Waals surface area (Å²) in [6.07, 6.45) is 0. The molecule has 17 heavy (non-hydrogen) atoms. The van der Waals surface area contributed by atoms with Gasteiger partial charge in [-0.3, -0.25) is 0 Å². The molecular weight excluding hydrogens is 261 g/mol. The SMILES string of the molecule is Nc1cc(N)c(NCc2ccsc2)c(F)c1Cl. The Bertz CT molecular complexity index is 528. The second-order valence-corrected chi connectivity index (χ2v) is 4.70. The zero-order chi connectivity index (χ0) is 12.4. The molecule has 0 fully saturated rings. The molecule has 0 atom stereocenters. The monoisotopic (exact) mass is 271 g/mol. The summed E-state index contributed by atoms with van der Waals surface area (Å²) in [5.41, 5.74) is 12.8. The zero-order valence-electron chi connectivity index (χ0n) is 8.84. The van der Waals surface area contributed by atoms with Gasteiger partial charge in [0.05, 0.1) is 17.1 Å². The summed E-state index contributed by atoms with van der Waals surface area (Å²) in [5, 5.41) is 6.74. The summed E-state index contributed by atoms with van der Waals surface area (Å²) in [6, 6.07) is 3.39. The third-order valence-electron chi connectivity index (χ3n) is 2.31. The maximum Gasteiger partial charge on any atom is 0.169 e. The highest BCUT2D eigenvalue weighted by Crippen LogP contribution is 2.33. The number of hydrogen-bond acceptors (Lipinski definition) is 4. The molecule has 0 saturated heterocycles. The standard InChI is InChI=1S/C11H11ClFN3S/c12-9-7(14)3-8(15)11(10(9)13)16-4-6-1-2-17-5-6/h1-3,5,16H,4,14-15H2. The first kappa shape index (κ1) is 12.0. The summed E-state index contributed by atoms with van der Waals surface area (Å²) in [5.74, 6) is -0.612. The van der Waals surface area contributed by atoms with Gasteiger partial charge in [0.15, 0.2) is 5.82 Å². The van der Waals surface area contributed by atoms with Crippen molar-refractivity contribution in [1.82, 2.24) is 0 Å². The van der Waals surface area contributed by atoms with Gasteiger partial charge in [-0.1, -0.05) is 11.6 Å². The molecular formula is C11H11ClFN3S. The molecule has 1 aromatic carbocycles. The molecule has 6 heteroatoms. The van der Waals surface area contributed by atoms with Gasteiger partial charge in [-0.05, 0) is 28.5 Å². The average molecular weight is 272 g/mol. The smallest absolute Gasteiger partial charge is 0.169 e. The molecule has 0 unspecified atom stereocenters. The fourth-order valence-corrected chi connectivity index (χ4v) is 2.25. The Balaban J connectivity index is 2.24. The quantitative estimate of drug-likeness (QED) is 0.751. The minimum Gasteiger partial charge on any atom is -0.397 e. The van der Waals surface area contributed by atoms with Crippen LogP contribution in [0.25, 0.3) is 0 Å². The molecule has 1 heterocycles. The van der Waals surface area contributed by atoms with E-state index in [0.717, 1.165) is 5.56 Å². The van der Waals surface area contributed by atoms with Gasteiger partial charge in [-0.25, -0.2) is 4.39 Å². The molecule has 90 valence electrons. The Hall–Kier alpha value is -1.46. The fourth-order valence-electron chi connectivity index (χ4n) is 1.43. The second kappa shape index (κ2) is 4.81. The van der Waals surface area contributed by atoms with Crippen molar-refractivity contribution < 1.29 is 4.39 Å². The largest absolute Gasteiger partial charge is 0.397 e. The number of hydrogen-bond donors (Lipinski definition) is 3. The number of nitrogens with one attached hydrogen (secondary N) is 1. The Morgan fingerprint density at radius 3 is 2.76 bits per heavy atom. The topological polar surface area (TPSA) is 64.1 Å². The van der Waals surface area contributed by atoms with E-state index in [2.05, 4.69) is 5.32 Å². The van der Waals surface area contributed by atoms with E-state index in [0.29, 0.717) is 6.54 Å². The van der Waals surface area contributed by atoms with Crippen LogP contribution >= 0.6 is 22.9 Å². The first-order valence-electron chi connectivity index (χ1n) is 4.87. The van der Waals surface area contributed by atoms with E-state index in [1.165, 1.54) is 6.07 Å². The average Bonchev–Trinajstić information content (AvgIpc) is 2.79. The molecule has 1 aromatic heterocycles. The predicted molar refractivity (Wildman–Crippen MR) is 71.9 cm³/mol. The summed E-state index contributed by atoms with van der Waals surface area (Å²) in [4.78, 5) is 0. The van der Waals surface area contributed by atoms with E-state index < -0.39 is 5.82 Å². The van der Waals surface area contributed by atoms with Gasteiger partial charge in [-0.2, -0.15) is 11.3 Å². The van der Waals surface area contributed by atoms with Crippen LogP contribution in [-0.4, -0.2) is 0 Å². The van der Waals surface area contributed by atoms with E-state index in [-0.39, 0.29) is 22.1 Å². The highest BCUT2D eigenvalue weighted by atomic mass is 35.5. The third-order valence-corrected chi connectivity index (χ3v) is 3.43. The van der Waals surface area contributed by atoms with Gasteiger partial charge in [0.2, 0.25) is 0 Å². The molecule has 0 saturated carbocycles. The Kier molecular flexibility index (Phi) is 3.40. The third kappa shape index (κ3) is 2.45. The number of nitrogens with two attached hydrogens (primary N) is 2. The van der Waals surface area contributed by atoms with Crippen molar-refractivity contribution in [2.24, 2.45) is 0 Å². The zero-order valence-corrected chi connectivity index (χ0v) is 10.4. The number of halogens is 2. The van der Waals surface area contributed by atoms with Crippen LogP contribution in [-0.2, 0) is 6.54 Å². The predicted octanol–water partition coefficient (Wildman–Crippen LogP) is 3.32. The minimum atomic E-state index is -0.612. The number of thiophene rings is 1. The lowest BCUT2D eigenvalue weighted by Crippen LogP contribution is -2.06. The molecule has 0 amide bonds. The number of benzene rings is 1. The molecule has 0 aliphatic rings. The van der Waals surface area contributed by atoms with Gasteiger partial charge in [0.25, 0.3) is 0 Å². The highest BCUT2D eigenvalue weighted by molar-refractivity contribution is 7.07. The van der Waals surface area contributed by atoms with Crippen LogP contribution in [0.2, 0.25) is 5.02 Å². The van der Waals surface area contributed by atoms with Crippen LogP contribution in [0.1, 0.15) is 5.56 Å². The second-order valence-electron chi connectivity index (χ2n) is 3.54. The Labute approximate surface area is 107 Å². The van der Waals surface area contributed by atoms with Crippen LogP contribution in [0.15, 0.2) is 22.9 Å². The summed E-state index contributed by atoms with van der Waals surface area (Å²) < 4.78 is 13.8. The summed E-state index contributed by atoms with van der Waals surface area (Å²) >= 11 is 7.30. The van der Waals surface area contributed by atoms with Crippen LogP contribution in [0, 0.1) is 5.82 Å². The summed E-state index contributed by atoms with van der Waals surface area (Å²) in [7, 11) is 0. The van der Waals surface area contributed by atoms with E-state index in [9.17, 15) is 4.39 Å². The molecule has 3 nitrogen and oxygen atoms in total. The van der Waals surface area contributed by atoms with Crippen molar-refractivity contribution in [3.05, 3.63) is 39.3 Å². The number of rotatable bonds is 3. The Morgan fingerprint density at radius 2 is 2.12 bits per heavy atom. The first-order chi connectivity index (χ1) is 8.09. The highest BCUT2D eigenvalue weighted by Gasteiger charge is 2.13. The molecule has 0 bridgehead atoms. The molecule has 0 aliphatic heterocycles. The molecule has 2 rings (SSSR count). The van der Waals surface area contributed by atoms with Crippen molar-refractivity contribution in [2.45, 2.75) is 6.54 Å². The number of nitrogen functional groups attached to an aromatic ring is 2. The molecule has 0 radical (unpaired) electrons. The van der Waals surface area contributed by atoms with E-state index >= 15 is 0 Å². The van der Waals surface area contributed by atoms with Crippen LogP contribution in [0.5, 0.6) is 0 Å². The van der Waals surface area contributed by atoms with Gasteiger partial charge in [0.1, 0.15) is 5.02 Å². The molecule has 5 N–H and O–H groups in total. The van der Waals surface area contributed by atoms with Crippen LogP contribution in [0.3, 0.4) is 0 Å². The van der Waals surface area contributed by atoms with E-state index in [4.69, 9.17) is 23.1 Å². The maximum atomic E-state index is 13.8. The maximum absolute atomic E-state index is 13.8. The van der Waals surface area contributed by atoms with Gasteiger partial charge < -0.3 is 16.8 Å². The van der Waals surface area contributed by atoms with Crippen LogP contribution < -0.4 is 16.8 Å². The van der Waals surface area contributed by atoms with Crippen LogP contribution in [0.4, 0.5) is 21.5 Å². The normalized spacial score (nSPS) is 10.5. The van der Waals surface area contributed by atoms with Crippen molar-refractivity contribution in [3.63, 3.8) is 0 Å². The minimum absolute atomic E-state index is 0.105.